The van der Waals surface area contributed by atoms with Gasteiger partial charge in [-0.05, 0) is 42.3 Å². The third kappa shape index (κ3) is 4.83. The largest absolute Gasteiger partial charge is 0.772 e. The number of aromatic nitrogens is 3. The average molecular weight is 501 g/mol. The van der Waals surface area contributed by atoms with Crippen molar-refractivity contribution in [3.8, 4) is 16.9 Å². The van der Waals surface area contributed by atoms with Crippen molar-refractivity contribution in [1.82, 2.24) is 14.5 Å². The SMILES string of the molecule is Cc1c(S(=O)(=O)Oc2ccc(CS(=O)[O-])cc2)c2cc(-c3cncnc3)ccc2n1CC(=O)O. The highest BCUT2D eigenvalue weighted by molar-refractivity contribution is 7.87. The molecule has 176 valence electrons. The third-order valence-corrected chi connectivity index (χ3v) is 7.11. The first kappa shape index (κ1) is 23.5. The number of benzene rings is 2. The molecule has 0 aliphatic rings. The minimum absolute atomic E-state index is 0.00780. The van der Waals surface area contributed by atoms with Crippen molar-refractivity contribution in [3.05, 3.63) is 72.4 Å². The smallest absolute Gasteiger partial charge is 0.341 e. The molecule has 34 heavy (non-hydrogen) atoms. The Bertz CT molecular complexity index is 1500. The fraction of sp³-hybridized carbons (Fsp3) is 0.136. The molecular formula is C22H18N3O7S2-. The van der Waals surface area contributed by atoms with Gasteiger partial charge in [-0.2, -0.15) is 8.42 Å². The second kappa shape index (κ2) is 9.33. The van der Waals surface area contributed by atoms with E-state index in [4.69, 9.17) is 4.18 Å². The molecule has 0 spiro atoms. The van der Waals surface area contributed by atoms with Gasteiger partial charge in [0.05, 0.1) is 5.52 Å². The number of carboxylic acid groups (broad SMARTS) is 1. The van der Waals surface area contributed by atoms with Gasteiger partial charge in [0.15, 0.2) is 0 Å². The molecular weight excluding hydrogens is 482 g/mol. The molecule has 1 unspecified atom stereocenters. The Labute approximate surface area is 197 Å². The summed E-state index contributed by atoms with van der Waals surface area (Å²) in [6, 6.07) is 10.6. The van der Waals surface area contributed by atoms with Gasteiger partial charge in [-0.25, -0.2) is 9.97 Å². The van der Waals surface area contributed by atoms with Crippen LogP contribution in [0, 0.1) is 6.92 Å². The Hall–Kier alpha value is -3.61. The maximum atomic E-state index is 13.3. The molecule has 4 rings (SSSR count). The lowest BCUT2D eigenvalue weighted by Crippen LogP contribution is -2.13. The number of rotatable bonds is 8. The van der Waals surface area contributed by atoms with Crippen molar-refractivity contribution < 1.29 is 31.3 Å². The summed E-state index contributed by atoms with van der Waals surface area (Å²) in [6.07, 6.45) is 4.53. The zero-order valence-electron chi connectivity index (χ0n) is 17.7. The van der Waals surface area contributed by atoms with E-state index in [0.717, 1.165) is 0 Å². The normalized spacial score (nSPS) is 12.5. The van der Waals surface area contributed by atoms with Gasteiger partial charge in [-0.15, -0.1) is 0 Å². The minimum Gasteiger partial charge on any atom is -0.772 e. The number of carboxylic acids is 1. The lowest BCUT2D eigenvalue weighted by atomic mass is 10.1. The molecule has 2 heterocycles. The molecule has 0 bridgehead atoms. The highest BCUT2D eigenvalue weighted by atomic mass is 32.2. The molecule has 4 aromatic rings. The molecule has 0 radical (unpaired) electrons. The molecule has 12 heteroatoms. The van der Waals surface area contributed by atoms with E-state index in [9.17, 15) is 27.1 Å². The van der Waals surface area contributed by atoms with E-state index in [1.54, 1.807) is 30.6 Å². The van der Waals surface area contributed by atoms with Gasteiger partial charge in [0.2, 0.25) is 0 Å². The first-order valence-corrected chi connectivity index (χ1v) is 12.5. The first-order valence-electron chi connectivity index (χ1n) is 9.85. The van der Waals surface area contributed by atoms with Crippen LogP contribution in [0.4, 0.5) is 0 Å². The van der Waals surface area contributed by atoms with Crippen LogP contribution in [-0.2, 0) is 38.3 Å². The third-order valence-electron chi connectivity index (χ3n) is 5.12. The number of hydrogen-bond donors (Lipinski definition) is 1. The Morgan fingerprint density at radius 2 is 1.79 bits per heavy atom. The monoisotopic (exact) mass is 500 g/mol. The Morgan fingerprint density at radius 3 is 2.41 bits per heavy atom. The van der Waals surface area contributed by atoms with Crippen LogP contribution in [0.3, 0.4) is 0 Å². The van der Waals surface area contributed by atoms with E-state index in [-0.39, 0.29) is 22.1 Å². The topological polar surface area (TPSA) is 152 Å². The summed E-state index contributed by atoms with van der Waals surface area (Å²) in [5.74, 6) is -1.34. The zero-order chi connectivity index (χ0) is 24.5. The van der Waals surface area contributed by atoms with Gasteiger partial charge in [-0.3, -0.25) is 9.00 Å². The fourth-order valence-corrected chi connectivity index (χ4v) is 5.50. The highest BCUT2D eigenvalue weighted by Gasteiger charge is 2.28. The average Bonchev–Trinajstić information content (AvgIpc) is 3.06. The van der Waals surface area contributed by atoms with Gasteiger partial charge in [0, 0.05) is 34.8 Å². The van der Waals surface area contributed by atoms with E-state index >= 15 is 0 Å². The van der Waals surface area contributed by atoms with E-state index in [1.807, 2.05) is 0 Å². The molecule has 0 amide bonds. The predicted molar refractivity (Wildman–Crippen MR) is 122 cm³/mol. The van der Waals surface area contributed by atoms with Crippen LogP contribution in [0.25, 0.3) is 22.0 Å². The van der Waals surface area contributed by atoms with Crippen molar-refractivity contribution in [2.24, 2.45) is 0 Å². The van der Waals surface area contributed by atoms with E-state index in [0.29, 0.717) is 27.6 Å². The summed E-state index contributed by atoms with van der Waals surface area (Å²) < 4.78 is 55.1. The number of carbonyl (C=O) groups is 1. The van der Waals surface area contributed by atoms with Gasteiger partial charge in [-0.1, -0.05) is 29.3 Å². The molecule has 0 saturated heterocycles. The van der Waals surface area contributed by atoms with Crippen LogP contribution >= 0.6 is 0 Å². The fourth-order valence-electron chi connectivity index (χ4n) is 3.68. The van der Waals surface area contributed by atoms with E-state index in [2.05, 4.69) is 9.97 Å². The van der Waals surface area contributed by atoms with E-state index < -0.39 is 33.7 Å². The van der Waals surface area contributed by atoms with Crippen LogP contribution in [0.1, 0.15) is 11.3 Å². The molecule has 10 nitrogen and oxygen atoms in total. The molecule has 1 atom stereocenters. The Kier molecular flexibility index (Phi) is 6.46. The van der Waals surface area contributed by atoms with Crippen molar-refractivity contribution in [1.29, 1.82) is 0 Å². The highest BCUT2D eigenvalue weighted by Crippen LogP contribution is 2.34. The second-order valence-corrected chi connectivity index (χ2v) is 9.76. The van der Waals surface area contributed by atoms with Crippen molar-refractivity contribution in [3.63, 3.8) is 0 Å². The molecule has 0 fully saturated rings. The number of nitrogens with zero attached hydrogens (tertiary/aromatic N) is 3. The molecule has 0 aliphatic carbocycles. The first-order chi connectivity index (χ1) is 16.2. The van der Waals surface area contributed by atoms with E-state index in [1.165, 1.54) is 42.1 Å². The minimum atomic E-state index is -4.39. The van der Waals surface area contributed by atoms with Crippen LogP contribution in [0.2, 0.25) is 0 Å². The standard InChI is InChI=1S/C22H19N3O7S2/c1-14-22(34(30,31)32-18-5-2-15(3-6-18)12-33(28)29)19-8-16(17-9-23-13-24-10-17)4-7-20(19)25(14)11-21(26)27/h2-10,13H,11-12H2,1H3,(H,26,27)(H,28,29)/p-1. The summed E-state index contributed by atoms with van der Waals surface area (Å²) in [4.78, 5) is 19.2. The Balaban J connectivity index is 1.82. The van der Waals surface area contributed by atoms with Gasteiger partial charge >= 0.3 is 16.1 Å². The molecule has 2 aromatic carbocycles. The van der Waals surface area contributed by atoms with Crippen molar-refractivity contribution >= 4 is 38.1 Å². The Morgan fingerprint density at radius 1 is 1.12 bits per heavy atom. The van der Waals surface area contributed by atoms with Crippen molar-refractivity contribution in [2.75, 3.05) is 0 Å². The quantitative estimate of drug-likeness (QED) is 0.284. The predicted octanol–water partition coefficient (Wildman–Crippen LogP) is 2.64. The summed E-state index contributed by atoms with van der Waals surface area (Å²) in [6.45, 7) is 1.07. The molecule has 0 aliphatic heterocycles. The second-order valence-electron chi connectivity index (χ2n) is 7.38. The number of hydrogen-bond acceptors (Lipinski definition) is 8. The summed E-state index contributed by atoms with van der Waals surface area (Å²) in [5, 5.41) is 9.65. The van der Waals surface area contributed by atoms with Crippen LogP contribution in [-0.4, -0.2) is 42.8 Å². The number of aliphatic carboxylic acids is 1. The lowest BCUT2D eigenvalue weighted by Gasteiger charge is -2.10. The zero-order valence-corrected chi connectivity index (χ0v) is 19.4. The maximum Gasteiger partial charge on any atom is 0.341 e. The van der Waals surface area contributed by atoms with Crippen molar-refractivity contribution in [2.45, 2.75) is 24.1 Å². The van der Waals surface area contributed by atoms with Crippen LogP contribution in [0.15, 0.2) is 66.1 Å². The van der Waals surface area contributed by atoms with Gasteiger partial charge < -0.3 is 18.4 Å². The van der Waals surface area contributed by atoms with Gasteiger partial charge in [0.1, 0.15) is 23.5 Å². The molecule has 2 aromatic heterocycles. The van der Waals surface area contributed by atoms with Crippen LogP contribution in [0.5, 0.6) is 5.75 Å². The van der Waals surface area contributed by atoms with Crippen LogP contribution < -0.4 is 4.18 Å². The molecule has 1 N–H and O–H groups in total. The van der Waals surface area contributed by atoms with Gasteiger partial charge in [0.25, 0.3) is 0 Å². The summed E-state index contributed by atoms with van der Waals surface area (Å²) in [7, 11) is -4.39. The molecule has 0 saturated carbocycles. The summed E-state index contributed by atoms with van der Waals surface area (Å²) >= 11 is -2.28. The summed E-state index contributed by atoms with van der Waals surface area (Å²) in [5.41, 5.74) is 2.39. The lowest BCUT2D eigenvalue weighted by molar-refractivity contribution is -0.137. The number of fused-ring (bicyclic) bond motifs is 1. The maximum absolute atomic E-state index is 13.3.